The first-order valence-electron chi connectivity index (χ1n) is 6.51. The first-order valence-corrected chi connectivity index (χ1v) is 8.12. The van der Waals surface area contributed by atoms with Gasteiger partial charge in [-0.2, -0.15) is 0 Å². The third-order valence-electron chi connectivity index (χ3n) is 3.63. The van der Waals surface area contributed by atoms with Gasteiger partial charge in [0.2, 0.25) is 0 Å². The Balaban J connectivity index is 2.34. The van der Waals surface area contributed by atoms with Crippen LogP contribution < -0.4 is 0 Å². The highest BCUT2D eigenvalue weighted by Crippen LogP contribution is 2.27. The van der Waals surface area contributed by atoms with Crippen molar-refractivity contribution in [3.63, 3.8) is 0 Å². The molecule has 3 aromatic rings. The maximum atomic E-state index is 13.9. The van der Waals surface area contributed by atoms with Crippen molar-refractivity contribution in [2.24, 2.45) is 0 Å². The number of benzene rings is 2. The van der Waals surface area contributed by atoms with E-state index in [1.165, 1.54) is 17.2 Å². The van der Waals surface area contributed by atoms with Crippen LogP contribution in [0.5, 0.6) is 0 Å². The maximum absolute atomic E-state index is 13.9. The smallest absolute Gasteiger partial charge is 0.138 e. The highest BCUT2D eigenvalue weighted by Gasteiger charge is 2.14. The minimum Gasteiger partial charge on any atom is -0.295 e. The van der Waals surface area contributed by atoms with Crippen molar-refractivity contribution in [3.8, 4) is 5.69 Å². The van der Waals surface area contributed by atoms with Crippen LogP contribution in [0.4, 0.5) is 4.39 Å². The van der Waals surface area contributed by atoms with Gasteiger partial charge in [-0.1, -0.05) is 6.07 Å². The number of imidazole rings is 1. The van der Waals surface area contributed by atoms with Crippen LogP contribution in [0.2, 0.25) is 0 Å². The molecule has 0 radical (unpaired) electrons. The van der Waals surface area contributed by atoms with Crippen LogP contribution in [0.1, 0.15) is 17.0 Å². The Morgan fingerprint density at radius 2 is 1.95 bits per heavy atom. The van der Waals surface area contributed by atoms with Crippen molar-refractivity contribution < 1.29 is 4.39 Å². The molecule has 108 valence electrons. The summed E-state index contributed by atoms with van der Waals surface area (Å²) < 4.78 is 16.4. The van der Waals surface area contributed by atoms with Gasteiger partial charge in [0.1, 0.15) is 11.6 Å². The van der Waals surface area contributed by atoms with Crippen molar-refractivity contribution in [2.45, 2.75) is 19.7 Å². The Morgan fingerprint density at radius 3 is 2.62 bits per heavy atom. The molecule has 0 saturated carbocycles. The van der Waals surface area contributed by atoms with Gasteiger partial charge in [0, 0.05) is 11.8 Å². The number of nitrogens with zero attached hydrogens (tertiary/aromatic N) is 2. The average Bonchev–Trinajstić information content (AvgIpc) is 2.80. The third-order valence-corrected chi connectivity index (χ3v) is 4.70. The predicted molar refractivity (Wildman–Crippen MR) is 92.8 cm³/mol. The molecule has 0 amide bonds. The van der Waals surface area contributed by atoms with Gasteiger partial charge in [-0.05, 0) is 65.8 Å². The Labute approximate surface area is 141 Å². The van der Waals surface area contributed by atoms with Crippen LogP contribution >= 0.6 is 34.2 Å². The standard InChI is InChI=1S/C16H13ClFIN2/c1-9-3-4-11(5-10(9)2)21-15-6-12(18)13(19)7-14(15)20-16(21)8-17/h3-7H,8H2,1-2H3. The molecule has 0 saturated heterocycles. The fourth-order valence-corrected chi connectivity index (χ4v) is 2.99. The predicted octanol–water partition coefficient (Wildman–Crippen LogP) is 5.12. The van der Waals surface area contributed by atoms with Gasteiger partial charge in [-0.3, -0.25) is 4.57 Å². The van der Waals surface area contributed by atoms with Gasteiger partial charge < -0.3 is 0 Å². The summed E-state index contributed by atoms with van der Waals surface area (Å²) in [5.74, 6) is 0.755. The molecule has 3 rings (SSSR count). The fourth-order valence-electron chi connectivity index (χ4n) is 2.37. The Bertz CT molecular complexity index is 842. The van der Waals surface area contributed by atoms with Crippen LogP contribution in [-0.4, -0.2) is 9.55 Å². The van der Waals surface area contributed by atoms with E-state index >= 15 is 0 Å². The molecule has 21 heavy (non-hydrogen) atoms. The molecule has 0 atom stereocenters. The number of rotatable bonds is 2. The van der Waals surface area contributed by atoms with E-state index in [-0.39, 0.29) is 11.7 Å². The molecule has 0 fully saturated rings. The van der Waals surface area contributed by atoms with Crippen molar-refractivity contribution >= 4 is 45.2 Å². The molecule has 0 aliphatic heterocycles. The van der Waals surface area contributed by atoms with Gasteiger partial charge in [0.05, 0.1) is 20.5 Å². The van der Waals surface area contributed by atoms with Gasteiger partial charge >= 0.3 is 0 Å². The molecule has 1 heterocycles. The lowest BCUT2D eigenvalue weighted by Crippen LogP contribution is -2.00. The highest BCUT2D eigenvalue weighted by atomic mass is 127. The van der Waals surface area contributed by atoms with E-state index in [1.54, 1.807) is 6.07 Å². The SMILES string of the molecule is Cc1ccc(-n2c(CCl)nc3cc(I)c(F)cc32)cc1C. The minimum absolute atomic E-state index is 0.241. The third kappa shape index (κ3) is 2.55. The van der Waals surface area contributed by atoms with Gasteiger partial charge in [-0.25, -0.2) is 9.37 Å². The molecule has 2 aromatic carbocycles. The summed E-state index contributed by atoms with van der Waals surface area (Å²) in [5, 5.41) is 0. The van der Waals surface area contributed by atoms with E-state index in [1.807, 2.05) is 33.2 Å². The number of halogens is 3. The molecule has 0 bridgehead atoms. The lowest BCUT2D eigenvalue weighted by molar-refractivity contribution is 0.622. The molecule has 0 N–H and O–H groups in total. The van der Waals surface area contributed by atoms with E-state index in [0.717, 1.165) is 22.5 Å². The highest BCUT2D eigenvalue weighted by molar-refractivity contribution is 14.1. The number of aromatic nitrogens is 2. The summed E-state index contributed by atoms with van der Waals surface area (Å²) in [4.78, 5) is 4.52. The van der Waals surface area contributed by atoms with E-state index in [4.69, 9.17) is 11.6 Å². The summed E-state index contributed by atoms with van der Waals surface area (Å²) in [5.41, 5.74) is 4.86. The Kier molecular flexibility index (Phi) is 3.92. The summed E-state index contributed by atoms with van der Waals surface area (Å²) >= 11 is 8.00. The second kappa shape index (κ2) is 5.57. The molecular formula is C16H13ClFIN2. The normalized spacial score (nSPS) is 11.3. The van der Waals surface area contributed by atoms with E-state index in [9.17, 15) is 4.39 Å². The number of aryl methyl sites for hydroxylation is 2. The van der Waals surface area contributed by atoms with Crippen molar-refractivity contribution in [1.82, 2.24) is 9.55 Å². The van der Waals surface area contributed by atoms with Gasteiger partial charge in [0.15, 0.2) is 0 Å². The quantitative estimate of drug-likeness (QED) is 0.420. The zero-order valence-corrected chi connectivity index (χ0v) is 14.5. The molecule has 5 heteroatoms. The Morgan fingerprint density at radius 1 is 1.19 bits per heavy atom. The van der Waals surface area contributed by atoms with Crippen molar-refractivity contribution in [3.05, 3.63) is 56.7 Å². The van der Waals surface area contributed by atoms with Crippen LogP contribution in [-0.2, 0) is 5.88 Å². The van der Waals surface area contributed by atoms with Crippen LogP contribution in [0, 0.1) is 23.2 Å². The largest absolute Gasteiger partial charge is 0.295 e. The monoisotopic (exact) mass is 414 g/mol. The van der Waals surface area contributed by atoms with Crippen LogP contribution in [0.25, 0.3) is 16.7 Å². The first-order chi connectivity index (χ1) is 10.0. The van der Waals surface area contributed by atoms with Gasteiger partial charge in [-0.15, -0.1) is 11.6 Å². The zero-order valence-electron chi connectivity index (χ0n) is 11.6. The summed E-state index contributed by atoms with van der Waals surface area (Å²) in [7, 11) is 0. The lowest BCUT2D eigenvalue weighted by atomic mass is 10.1. The first kappa shape index (κ1) is 14.8. The number of hydrogen-bond acceptors (Lipinski definition) is 1. The second-order valence-corrected chi connectivity index (χ2v) is 6.45. The number of fused-ring (bicyclic) bond motifs is 1. The Hall–Kier alpha value is -1.14. The number of alkyl halides is 1. The molecule has 0 unspecified atom stereocenters. The van der Waals surface area contributed by atoms with E-state index in [2.05, 4.69) is 31.0 Å². The lowest BCUT2D eigenvalue weighted by Gasteiger charge is -2.10. The summed E-state index contributed by atoms with van der Waals surface area (Å²) in [6.07, 6.45) is 0. The maximum Gasteiger partial charge on any atom is 0.138 e. The molecule has 0 aliphatic rings. The van der Waals surface area contributed by atoms with E-state index < -0.39 is 0 Å². The van der Waals surface area contributed by atoms with E-state index in [0.29, 0.717) is 3.57 Å². The second-order valence-electron chi connectivity index (χ2n) is 5.02. The van der Waals surface area contributed by atoms with Crippen molar-refractivity contribution in [1.29, 1.82) is 0 Å². The molecule has 1 aromatic heterocycles. The molecule has 2 nitrogen and oxygen atoms in total. The zero-order chi connectivity index (χ0) is 15.1. The van der Waals surface area contributed by atoms with Gasteiger partial charge in [0.25, 0.3) is 0 Å². The fraction of sp³-hybridized carbons (Fsp3) is 0.188. The van der Waals surface area contributed by atoms with Crippen molar-refractivity contribution in [2.75, 3.05) is 0 Å². The van der Waals surface area contributed by atoms with Crippen LogP contribution in [0.3, 0.4) is 0 Å². The summed E-state index contributed by atoms with van der Waals surface area (Å²) in [6.45, 7) is 4.12. The molecule has 0 spiro atoms. The average molecular weight is 415 g/mol. The molecule has 0 aliphatic carbocycles. The minimum atomic E-state index is -0.241. The molecular weight excluding hydrogens is 402 g/mol. The topological polar surface area (TPSA) is 17.8 Å². The summed E-state index contributed by atoms with van der Waals surface area (Å²) in [6, 6.07) is 9.41. The van der Waals surface area contributed by atoms with Crippen LogP contribution in [0.15, 0.2) is 30.3 Å². The number of hydrogen-bond donors (Lipinski definition) is 0.